The Labute approximate surface area is 147 Å². The number of amides is 1. The zero-order valence-electron chi connectivity index (χ0n) is 13.1. The first-order valence-corrected chi connectivity index (χ1v) is 8.63. The molecule has 4 rings (SSSR count). The van der Waals surface area contributed by atoms with E-state index in [-0.39, 0.29) is 17.4 Å². The average Bonchev–Trinajstić information content (AvgIpc) is 3.37. The van der Waals surface area contributed by atoms with Crippen LogP contribution in [0.4, 0.5) is 21.0 Å². The second kappa shape index (κ2) is 6.56. The van der Waals surface area contributed by atoms with E-state index in [1.165, 1.54) is 23.6 Å². The highest BCUT2D eigenvalue weighted by molar-refractivity contribution is 7.15. The monoisotopic (exact) mass is 355 g/mol. The highest BCUT2D eigenvalue weighted by Crippen LogP contribution is 2.42. The molecular formula is C17H14FN5OS. The molecule has 0 aliphatic heterocycles. The summed E-state index contributed by atoms with van der Waals surface area (Å²) in [5.41, 5.74) is 0.552. The smallest absolute Gasteiger partial charge is 0.261 e. The molecule has 1 amide bonds. The van der Waals surface area contributed by atoms with Crippen molar-refractivity contribution in [2.75, 3.05) is 10.6 Å². The van der Waals surface area contributed by atoms with E-state index in [1.54, 1.807) is 30.3 Å². The number of halogens is 1. The number of anilines is 3. The van der Waals surface area contributed by atoms with Gasteiger partial charge in [0.25, 0.3) is 5.91 Å². The quantitative estimate of drug-likeness (QED) is 0.724. The number of nitrogens with one attached hydrogen (secondary N) is 2. The van der Waals surface area contributed by atoms with Crippen molar-refractivity contribution in [2.24, 2.45) is 0 Å². The van der Waals surface area contributed by atoms with Crippen LogP contribution in [-0.2, 0) is 0 Å². The van der Waals surface area contributed by atoms with Crippen LogP contribution in [0.1, 0.15) is 34.1 Å². The highest BCUT2D eigenvalue weighted by atomic mass is 32.1. The number of rotatable bonds is 5. The molecule has 6 nitrogen and oxygen atoms in total. The van der Waals surface area contributed by atoms with Gasteiger partial charge in [0.2, 0.25) is 5.13 Å². The maximum Gasteiger partial charge on any atom is 0.261 e. The first-order chi connectivity index (χ1) is 12.2. The molecule has 2 heterocycles. The third kappa shape index (κ3) is 3.48. The van der Waals surface area contributed by atoms with Crippen molar-refractivity contribution in [1.29, 1.82) is 0 Å². The van der Waals surface area contributed by atoms with E-state index in [2.05, 4.69) is 25.8 Å². The van der Waals surface area contributed by atoms with E-state index >= 15 is 0 Å². The summed E-state index contributed by atoms with van der Waals surface area (Å²) < 4.78 is 13.8. The molecule has 0 radical (unpaired) electrons. The topological polar surface area (TPSA) is 79.8 Å². The lowest BCUT2D eigenvalue weighted by atomic mass is 10.2. The van der Waals surface area contributed by atoms with E-state index in [1.807, 2.05) is 0 Å². The van der Waals surface area contributed by atoms with Gasteiger partial charge in [0, 0.05) is 12.1 Å². The Morgan fingerprint density at radius 3 is 2.80 bits per heavy atom. The lowest BCUT2D eigenvalue weighted by Gasteiger charge is -2.10. The second-order valence-corrected chi connectivity index (χ2v) is 6.69. The zero-order valence-corrected chi connectivity index (χ0v) is 13.9. The minimum atomic E-state index is -0.419. The van der Waals surface area contributed by atoms with Crippen LogP contribution in [0, 0.1) is 5.82 Å². The van der Waals surface area contributed by atoms with Gasteiger partial charge >= 0.3 is 0 Å². The predicted octanol–water partition coefficient (Wildman–Crippen LogP) is 3.95. The molecule has 126 valence electrons. The number of para-hydroxylation sites is 1. The zero-order chi connectivity index (χ0) is 17.2. The SMILES string of the molecule is O=C(Nc1nnc(C2CC2)s1)c1cccnc1Nc1ccccc1F. The largest absolute Gasteiger partial charge is 0.337 e. The third-order valence-electron chi connectivity index (χ3n) is 3.77. The van der Waals surface area contributed by atoms with Gasteiger partial charge in [-0.25, -0.2) is 9.37 Å². The number of hydrogen-bond donors (Lipinski definition) is 2. The van der Waals surface area contributed by atoms with Gasteiger partial charge in [0.15, 0.2) is 0 Å². The second-order valence-electron chi connectivity index (χ2n) is 5.68. The molecule has 1 fully saturated rings. The van der Waals surface area contributed by atoms with Gasteiger partial charge in [-0.1, -0.05) is 23.5 Å². The van der Waals surface area contributed by atoms with E-state index < -0.39 is 5.82 Å². The van der Waals surface area contributed by atoms with E-state index in [0.717, 1.165) is 17.8 Å². The summed E-state index contributed by atoms with van der Waals surface area (Å²) in [6.45, 7) is 0. The standard InChI is InChI=1S/C17H14FN5OS/c18-12-5-1-2-6-13(12)20-14-11(4-3-9-19-14)15(24)21-17-23-22-16(25-17)10-7-8-10/h1-6,9-10H,7-8H2,(H,19,20)(H,21,23,24). The molecule has 2 aromatic heterocycles. The summed E-state index contributed by atoms with van der Waals surface area (Å²) in [7, 11) is 0. The molecule has 0 atom stereocenters. The van der Waals surface area contributed by atoms with Crippen LogP contribution in [0.25, 0.3) is 0 Å². The fourth-order valence-electron chi connectivity index (χ4n) is 2.32. The van der Waals surface area contributed by atoms with Crippen molar-refractivity contribution < 1.29 is 9.18 Å². The van der Waals surface area contributed by atoms with Gasteiger partial charge in [-0.2, -0.15) is 0 Å². The van der Waals surface area contributed by atoms with E-state index in [9.17, 15) is 9.18 Å². The van der Waals surface area contributed by atoms with E-state index in [0.29, 0.717) is 16.6 Å². The van der Waals surface area contributed by atoms with Gasteiger partial charge in [0.1, 0.15) is 16.6 Å². The Morgan fingerprint density at radius 1 is 1.16 bits per heavy atom. The Hall–Kier alpha value is -2.87. The summed E-state index contributed by atoms with van der Waals surface area (Å²) in [4.78, 5) is 16.7. The Kier molecular flexibility index (Phi) is 4.10. The lowest BCUT2D eigenvalue weighted by Crippen LogP contribution is -2.14. The van der Waals surface area contributed by atoms with Crippen LogP contribution in [0.2, 0.25) is 0 Å². The molecule has 0 spiro atoms. The maximum atomic E-state index is 13.8. The van der Waals surface area contributed by atoms with Gasteiger partial charge < -0.3 is 5.32 Å². The first-order valence-electron chi connectivity index (χ1n) is 7.82. The van der Waals surface area contributed by atoms with Crippen LogP contribution >= 0.6 is 11.3 Å². The van der Waals surface area contributed by atoms with Crippen molar-refractivity contribution in [3.63, 3.8) is 0 Å². The molecule has 8 heteroatoms. The molecule has 1 saturated carbocycles. The van der Waals surface area contributed by atoms with Crippen molar-refractivity contribution in [3.8, 4) is 0 Å². The minimum Gasteiger partial charge on any atom is -0.337 e. The fraction of sp³-hybridized carbons (Fsp3) is 0.176. The molecular weight excluding hydrogens is 341 g/mol. The van der Waals surface area contributed by atoms with Crippen LogP contribution < -0.4 is 10.6 Å². The van der Waals surface area contributed by atoms with Crippen molar-refractivity contribution in [1.82, 2.24) is 15.2 Å². The highest BCUT2D eigenvalue weighted by Gasteiger charge is 2.28. The summed E-state index contributed by atoms with van der Waals surface area (Å²) in [5.74, 6) is -0.0278. The van der Waals surface area contributed by atoms with Crippen LogP contribution in [0.3, 0.4) is 0 Å². The molecule has 1 aromatic carbocycles. The van der Waals surface area contributed by atoms with Gasteiger partial charge in [-0.3, -0.25) is 10.1 Å². The maximum absolute atomic E-state index is 13.8. The van der Waals surface area contributed by atoms with Gasteiger partial charge in [-0.05, 0) is 37.1 Å². The Bertz CT molecular complexity index is 925. The number of hydrogen-bond acceptors (Lipinski definition) is 6. The number of benzene rings is 1. The molecule has 1 aliphatic carbocycles. The summed E-state index contributed by atoms with van der Waals surface area (Å²) in [6.07, 6.45) is 3.79. The number of carbonyl (C=O) groups is 1. The first kappa shape index (κ1) is 15.6. The normalized spacial score (nSPS) is 13.5. The molecule has 3 aromatic rings. The summed E-state index contributed by atoms with van der Waals surface area (Å²) in [6, 6.07) is 9.49. The van der Waals surface area contributed by atoms with Gasteiger partial charge in [0.05, 0.1) is 11.3 Å². The Balaban J connectivity index is 1.54. The molecule has 0 saturated heterocycles. The van der Waals surface area contributed by atoms with Crippen LogP contribution in [0.15, 0.2) is 42.6 Å². The molecule has 25 heavy (non-hydrogen) atoms. The summed E-state index contributed by atoms with van der Waals surface area (Å²) >= 11 is 1.38. The Morgan fingerprint density at radius 2 is 2.00 bits per heavy atom. The lowest BCUT2D eigenvalue weighted by molar-refractivity contribution is 0.102. The number of carbonyl (C=O) groups excluding carboxylic acids is 1. The van der Waals surface area contributed by atoms with Crippen LogP contribution in [0.5, 0.6) is 0 Å². The molecule has 1 aliphatic rings. The molecule has 0 bridgehead atoms. The number of aromatic nitrogens is 3. The fourth-order valence-corrected chi connectivity index (χ4v) is 3.23. The minimum absolute atomic E-state index is 0.252. The van der Waals surface area contributed by atoms with Crippen LogP contribution in [-0.4, -0.2) is 21.1 Å². The number of nitrogens with zero attached hydrogens (tertiary/aromatic N) is 3. The van der Waals surface area contributed by atoms with Crippen molar-refractivity contribution in [3.05, 3.63) is 59.0 Å². The predicted molar refractivity (Wildman–Crippen MR) is 93.8 cm³/mol. The number of pyridine rings is 1. The molecule has 0 unspecified atom stereocenters. The van der Waals surface area contributed by atoms with Crippen molar-refractivity contribution in [2.45, 2.75) is 18.8 Å². The molecule has 2 N–H and O–H groups in total. The van der Waals surface area contributed by atoms with E-state index in [4.69, 9.17) is 0 Å². The van der Waals surface area contributed by atoms with Crippen molar-refractivity contribution >= 4 is 33.9 Å². The van der Waals surface area contributed by atoms with Gasteiger partial charge in [-0.15, -0.1) is 10.2 Å². The third-order valence-corrected chi connectivity index (χ3v) is 4.77. The summed E-state index contributed by atoms with van der Waals surface area (Å²) in [5, 5.41) is 15.1. The average molecular weight is 355 g/mol.